The average Bonchev–Trinajstić information content (AvgIpc) is 3.47. The second-order valence-corrected chi connectivity index (χ2v) is 9.25. The van der Waals surface area contributed by atoms with Crippen LogP contribution >= 0.6 is 0 Å². The van der Waals surface area contributed by atoms with Gasteiger partial charge in [0.2, 0.25) is 17.7 Å². The fraction of sp³-hybridized carbons (Fsp3) is 0.583. The number of amides is 2. The number of benzene rings is 1. The van der Waals surface area contributed by atoms with Gasteiger partial charge in [-0.15, -0.1) is 0 Å². The quantitative estimate of drug-likeness (QED) is 0.608. The van der Waals surface area contributed by atoms with Crippen molar-refractivity contribution in [3.63, 3.8) is 0 Å². The molecule has 0 saturated heterocycles. The van der Waals surface area contributed by atoms with Gasteiger partial charge >= 0.3 is 0 Å². The average molecular weight is 443 g/mol. The molecule has 0 aliphatic heterocycles. The molecule has 1 aromatic heterocycles. The SMILES string of the molecule is CC(=O)NC1(c2noc(CCC(=O)NCC3(c4ccc(F)cc4)CC3)n2)CCCCCC1. The molecule has 2 aliphatic rings. The minimum absolute atomic E-state index is 0.0781. The van der Waals surface area contributed by atoms with E-state index >= 15 is 0 Å². The Hall–Kier alpha value is -2.77. The summed E-state index contributed by atoms with van der Waals surface area (Å²) in [6, 6.07) is 6.53. The molecule has 0 atom stereocenters. The monoisotopic (exact) mass is 442 g/mol. The van der Waals surface area contributed by atoms with E-state index < -0.39 is 5.54 Å². The number of carbonyl (C=O) groups is 2. The number of halogens is 1. The van der Waals surface area contributed by atoms with Crippen molar-refractivity contribution in [3.8, 4) is 0 Å². The van der Waals surface area contributed by atoms with Crippen LogP contribution in [0.15, 0.2) is 28.8 Å². The summed E-state index contributed by atoms with van der Waals surface area (Å²) in [5.74, 6) is 0.482. The molecule has 2 saturated carbocycles. The van der Waals surface area contributed by atoms with Gasteiger partial charge in [-0.2, -0.15) is 4.98 Å². The van der Waals surface area contributed by atoms with E-state index in [1.807, 2.05) is 0 Å². The molecule has 0 unspecified atom stereocenters. The Labute approximate surface area is 187 Å². The number of nitrogens with one attached hydrogen (secondary N) is 2. The Morgan fingerprint density at radius 2 is 1.75 bits per heavy atom. The molecule has 2 aliphatic carbocycles. The lowest BCUT2D eigenvalue weighted by atomic mass is 9.89. The maximum atomic E-state index is 13.2. The topological polar surface area (TPSA) is 97.1 Å². The summed E-state index contributed by atoms with van der Waals surface area (Å²) in [7, 11) is 0. The summed E-state index contributed by atoms with van der Waals surface area (Å²) in [6.07, 6.45) is 8.40. The largest absolute Gasteiger partial charge is 0.355 e. The molecule has 1 heterocycles. The van der Waals surface area contributed by atoms with E-state index in [0.717, 1.165) is 56.9 Å². The molecule has 2 aromatic rings. The van der Waals surface area contributed by atoms with E-state index in [4.69, 9.17) is 4.52 Å². The third-order valence-corrected chi connectivity index (χ3v) is 6.77. The van der Waals surface area contributed by atoms with E-state index in [1.54, 1.807) is 12.1 Å². The zero-order valence-electron chi connectivity index (χ0n) is 18.6. The predicted octanol–water partition coefficient (Wildman–Crippen LogP) is 3.67. The number of carbonyl (C=O) groups excluding carboxylic acids is 2. The van der Waals surface area contributed by atoms with Crippen molar-refractivity contribution in [2.75, 3.05) is 6.54 Å². The van der Waals surface area contributed by atoms with E-state index in [1.165, 1.54) is 19.1 Å². The molecule has 4 rings (SSSR count). The van der Waals surface area contributed by atoms with Crippen LogP contribution in [0.5, 0.6) is 0 Å². The van der Waals surface area contributed by atoms with Crippen LogP contribution in [-0.4, -0.2) is 28.5 Å². The first-order chi connectivity index (χ1) is 15.4. The lowest BCUT2D eigenvalue weighted by molar-refractivity contribution is -0.122. The van der Waals surface area contributed by atoms with Crippen LogP contribution < -0.4 is 10.6 Å². The number of hydrogen-bond acceptors (Lipinski definition) is 5. The van der Waals surface area contributed by atoms with Gasteiger partial charge in [-0.3, -0.25) is 9.59 Å². The van der Waals surface area contributed by atoms with Crippen LogP contribution in [0.2, 0.25) is 0 Å². The van der Waals surface area contributed by atoms with E-state index in [2.05, 4.69) is 20.8 Å². The van der Waals surface area contributed by atoms with Crippen molar-refractivity contribution >= 4 is 11.8 Å². The molecule has 1 aromatic carbocycles. The van der Waals surface area contributed by atoms with Gasteiger partial charge in [0.15, 0.2) is 5.82 Å². The Kier molecular flexibility index (Phi) is 6.58. The summed E-state index contributed by atoms with van der Waals surface area (Å²) in [6.45, 7) is 2.05. The zero-order chi connectivity index (χ0) is 22.6. The summed E-state index contributed by atoms with van der Waals surface area (Å²) in [5.41, 5.74) is 0.401. The predicted molar refractivity (Wildman–Crippen MR) is 116 cm³/mol. The molecular weight excluding hydrogens is 411 g/mol. The molecule has 0 radical (unpaired) electrons. The first-order valence-corrected chi connectivity index (χ1v) is 11.6. The van der Waals surface area contributed by atoms with Crippen LogP contribution in [-0.2, 0) is 27.0 Å². The van der Waals surface area contributed by atoms with Crippen LogP contribution in [0.1, 0.15) is 82.0 Å². The van der Waals surface area contributed by atoms with Crippen LogP contribution in [0.3, 0.4) is 0 Å². The van der Waals surface area contributed by atoms with Crippen molar-refractivity contribution < 1.29 is 18.5 Å². The highest BCUT2D eigenvalue weighted by molar-refractivity contribution is 5.76. The van der Waals surface area contributed by atoms with Crippen molar-refractivity contribution in [1.82, 2.24) is 20.8 Å². The number of hydrogen-bond donors (Lipinski definition) is 2. The van der Waals surface area contributed by atoms with Gasteiger partial charge in [0.1, 0.15) is 11.4 Å². The highest BCUT2D eigenvalue weighted by Crippen LogP contribution is 2.47. The third kappa shape index (κ3) is 5.16. The van der Waals surface area contributed by atoms with Crippen LogP contribution in [0.25, 0.3) is 0 Å². The number of nitrogens with zero attached hydrogens (tertiary/aromatic N) is 2. The molecule has 8 heteroatoms. The van der Waals surface area contributed by atoms with E-state index in [0.29, 0.717) is 24.7 Å². The first kappa shape index (κ1) is 22.4. The molecule has 2 amide bonds. The van der Waals surface area contributed by atoms with Gasteiger partial charge in [-0.1, -0.05) is 43.0 Å². The smallest absolute Gasteiger partial charge is 0.227 e. The van der Waals surface area contributed by atoms with Gasteiger partial charge in [-0.05, 0) is 43.4 Å². The van der Waals surface area contributed by atoms with Crippen molar-refractivity contribution in [2.24, 2.45) is 0 Å². The molecule has 7 nitrogen and oxygen atoms in total. The van der Waals surface area contributed by atoms with E-state index in [-0.39, 0.29) is 29.5 Å². The third-order valence-electron chi connectivity index (χ3n) is 6.77. The molecule has 0 spiro atoms. The number of aromatic nitrogens is 2. The molecule has 2 fully saturated rings. The summed E-state index contributed by atoms with van der Waals surface area (Å²) < 4.78 is 18.6. The van der Waals surface area contributed by atoms with E-state index in [9.17, 15) is 14.0 Å². The van der Waals surface area contributed by atoms with Crippen molar-refractivity contribution in [1.29, 1.82) is 0 Å². The van der Waals surface area contributed by atoms with Gasteiger partial charge in [0.25, 0.3) is 0 Å². The second kappa shape index (κ2) is 9.38. The lowest BCUT2D eigenvalue weighted by Gasteiger charge is -2.30. The van der Waals surface area contributed by atoms with Crippen molar-refractivity contribution in [3.05, 3.63) is 47.4 Å². The molecule has 0 bridgehead atoms. The molecule has 32 heavy (non-hydrogen) atoms. The zero-order valence-corrected chi connectivity index (χ0v) is 18.6. The van der Waals surface area contributed by atoms with Gasteiger partial charge in [0, 0.05) is 31.7 Å². The fourth-order valence-corrected chi connectivity index (χ4v) is 4.72. The normalized spacial score (nSPS) is 19.1. The highest BCUT2D eigenvalue weighted by Gasteiger charge is 2.44. The maximum Gasteiger partial charge on any atom is 0.227 e. The molecular formula is C24H31FN4O3. The maximum absolute atomic E-state index is 13.2. The van der Waals surface area contributed by atoms with Gasteiger partial charge < -0.3 is 15.2 Å². The summed E-state index contributed by atoms with van der Waals surface area (Å²) in [4.78, 5) is 28.8. The lowest BCUT2D eigenvalue weighted by Crippen LogP contribution is -2.45. The molecule has 2 N–H and O–H groups in total. The first-order valence-electron chi connectivity index (χ1n) is 11.6. The number of rotatable bonds is 8. The van der Waals surface area contributed by atoms with Gasteiger partial charge in [0.05, 0.1) is 0 Å². The Morgan fingerprint density at radius 3 is 2.38 bits per heavy atom. The minimum atomic E-state index is -0.583. The molecule has 172 valence electrons. The van der Waals surface area contributed by atoms with Crippen LogP contribution in [0.4, 0.5) is 4.39 Å². The van der Waals surface area contributed by atoms with Crippen LogP contribution in [0, 0.1) is 5.82 Å². The van der Waals surface area contributed by atoms with Crippen molar-refractivity contribution in [2.45, 2.75) is 82.1 Å². The fourth-order valence-electron chi connectivity index (χ4n) is 4.72. The standard InChI is InChI=1S/C24H31FN4O3/c1-17(30)28-24(12-4-2-3-5-13-24)22-27-21(32-29-22)11-10-20(31)26-16-23(14-15-23)18-6-8-19(25)9-7-18/h6-9H,2-5,10-16H2,1H3,(H,26,31)(H,28,30). The second-order valence-electron chi connectivity index (χ2n) is 9.25. The number of aryl methyl sites for hydroxylation is 1. The van der Waals surface area contributed by atoms with Gasteiger partial charge in [-0.25, -0.2) is 4.39 Å². The Morgan fingerprint density at radius 1 is 1.06 bits per heavy atom. The summed E-state index contributed by atoms with van der Waals surface area (Å²) in [5, 5.41) is 10.2. The summed E-state index contributed by atoms with van der Waals surface area (Å²) >= 11 is 0. The Bertz CT molecular complexity index is 944. The Balaban J connectivity index is 1.32. The minimum Gasteiger partial charge on any atom is -0.355 e. The highest BCUT2D eigenvalue weighted by atomic mass is 19.1.